The molecule has 1 aromatic rings. The summed E-state index contributed by atoms with van der Waals surface area (Å²) < 4.78 is 5.82. The second kappa shape index (κ2) is 8.98. The van der Waals surface area contributed by atoms with Crippen LogP contribution in [-0.2, 0) is 0 Å². The van der Waals surface area contributed by atoms with E-state index < -0.39 is 0 Å². The van der Waals surface area contributed by atoms with Crippen LogP contribution in [0.1, 0.15) is 86.7 Å². The number of hydrogen-bond donors (Lipinski definition) is 1. The molecule has 0 spiro atoms. The Hall–Kier alpha value is -2.06. The van der Waals surface area contributed by atoms with Gasteiger partial charge in [0.1, 0.15) is 5.75 Å². The maximum absolute atomic E-state index is 13.3. The van der Waals surface area contributed by atoms with E-state index in [0.29, 0.717) is 35.3 Å². The summed E-state index contributed by atoms with van der Waals surface area (Å²) in [4.78, 5) is 16.0. The van der Waals surface area contributed by atoms with E-state index in [-0.39, 0.29) is 17.9 Å². The van der Waals surface area contributed by atoms with Gasteiger partial charge in [0.15, 0.2) is 0 Å². The number of benzene rings is 1. The Labute approximate surface area is 180 Å². The molecule has 30 heavy (non-hydrogen) atoms. The van der Waals surface area contributed by atoms with E-state index in [2.05, 4.69) is 30.1 Å². The second-order valence-corrected chi connectivity index (χ2v) is 9.51. The number of hydrogen-bond acceptors (Lipinski definition) is 4. The highest BCUT2D eigenvalue weighted by Gasteiger charge is 2.45. The molecule has 0 aromatic heterocycles. The maximum Gasteiger partial charge on any atom is 0.255 e. The van der Waals surface area contributed by atoms with E-state index in [1.54, 1.807) is 6.07 Å². The molecule has 5 heteroatoms. The van der Waals surface area contributed by atoms with Crippen molar-refractivity contribution in [1.29, 1.82) is 5.26 Å². The third-order valence-corrected chi connectivity index (χ3v) is 7.53. The molecule has 5 nitrogen and oxygen atoms in total. The first kappa shape index (κ1) is 21.2. The van der Waals surface area contributed by atoms with Crippen molar-refractivity contribution in [2.75, 3.05) is 19.7 Å². The quantitative estimate of drug-likeness (QED) is 0.780. The Morgan fingerprint density at radius 2 is 2.03 bits per heavy atom. The molecule has 3 aliphatic rings. The lowest BCUT2D eigenvalue weighted by molar-refractivity contribution is 0.0293. The number of carbonyl (C=O) groups excluding carboxylic acids is 1. The van der Waals surface area contributed by atoms with Gasteiger partial charge in [0, 0.05) is 12.1 Å². The minimum atomic E-state index is -0.0928. The van der Waals surface area contributed by atoms with E-state index in [1.165, 1.54) is 45.2 Å². The van der Waals surface area contributed by atoms with Crippen LogP contribution in [0.25, 0.3) is 0 Å². The highest BCUT2D eigenvalue weighted by molar-refractivity contribution is 5.97. The zero-order valence-electron chi connectivity index (χ0n) is 18.6. The molecule has 2 saturated heterocycles. The summed E-state index contributed by atoms with van der Waals surface area (Å²) in [5.74, 6) is 1.99. The predicted octanol–water partition coefficient (Wildman–Crippen LogP) is 4.46. The Morgan fingerprint density at radius 1 is 1.20 bits per heavy atom. The van der Waals surface area contributed by atoms with Crippen LogP contribution in [0.15, 0.2) is 12.1 Å². The molecule has 4 rings (SSSR count). The number of nitriles is 1. The first-order chi connectivity index (χ1) is 14.5. The first-order valence-electron chi connectivity index (χ1n) is 11.8. The van der Waals surface area contributed by atoms with Crippen LogP contribution in [0.4, 0.5) is 0 Å². The summed E-state index contributed by atoms with van der Waals surface area (Å²) in [7, 11) is 0. The van der Waals surface area contributed by atoms with Crippen LogP contribution in [0, 0.1) is 23.2 Å². The molecule has 1 amide bonds. The lowest BCUT2D eigenvalue weighted by Gasteiger charge is -2.48. The zero-order valence-corrected chi connectivity index (χ0v) is 18.6. The summed E-state index contributed by atoms with van der Waals surface area (Å²) in [6.45, 7) is 8.96. The van der Waals surface area contributed by atoms with E-state index in [1.807, 2.05) is 13.0 Å². The summed E-state index contributed by atoms with van der Waals surface area (Å²) in [5, 5.41) is 13.0. The smallest absolute Gasteiger partial charge is 0.255 e. The highest BCUT2D eigenvalue weighted by Crippen LogP contribution is 2.43. The normalized spacial score (nSPS) is 28.5. The Bertz CT molecular complexity index is 828. The van der Waals surface area contributed by atoms with Gasteiger partial charge < -0.3 is 15.0 Å². The van der Waals surface area contributed by atoms with Gasteiger partial charge in [-0.25, -0.2) is 0 Å². The molecule has 2 heterocycles. The van der Waals surface area contributed by atoms with Crippen LogP contribution < -0.4 is 10.1 Å². The number of fused-ring (bicyclic) bond motifs is 3. The van der Waals surface area contributed by atoms with Crippen molar-refractivity contribution >= 4 is 5.91 Å². The number of nitrogens with one attached hydrogen (secondary N) is 1. The summed E-state index contributed by atoms with van der Waals surface area (Å²) in [5.41, 5.74) is 2.00. The van der Waals surface area contributed by atoms with Crippen molar-refractivity contribution in [3.63, 3.8) is 0 Å². The summed E-state index contributed by atoms with van der Waals surface area (Å²) >= 11 is 0. The fourth-order valence-corrected chi connectivity index (χ4v) is 6.17. The standard InChI is InChI=1S/C25H35N3O2/c1-4-30-24-14-20(16(2)3)17(15-26)13-21(24)25(29)27-22-8-5-7-19-18(22)10-12-28-11-6-9-23(19)28/h13-14,16,18-19,22-23H,4-12H2,1-3H3,(H,27,29). The van der Waals surface area contributed by atoms with Gasteiger partial charge in [0.05, 0.1) is 23.8 Å². The van der Waals surface area contributed by atoms with Crippen molar-refractivity contribution < 1.29 is 9.53 Å². The maximum atomic E-state index is 13.3. The highest BCUT2D eigenvalue weighted by atomic mass is 16.5. The van der Waals surface area contributed by atoms with Crippen LogP contribution in [0.2, 0.25) is 0 Å². The number of piperidine rings is 1. The minimum Gasteiger partial charge on any atom is -0.493 e. The summed E-state index contributed by atoms with van der Waals surface area (Å²) in [6, 6.07) is 6.84. The van der Waals surface area contributed by atoms with Gasteiger partial charge in [-0.2, -0.15) is 5.26 Å². The van der Waals surface area contributed by atoms with E-state index in [0.717, 1.165) is 18.0 Å². The van der Waals surface area contributed by atoms with E-state index in [4.69, 9.17) is 4.74 Å². The zero-order chi connectivity index (χ0) is 21.3. The fourth-order valence-electron chi connectivity index (χ4n) is 6.17. The predicted molar refractivity (Wildman–Crippen MR) is 118 cm³/mol. The van der Waals surface area contributed by atoms with Crippen molar-refractivity contribution in [3.8, 4) is 11.8 Å². The van der Waals surface area contributed by atoms with Gasteiger partial charge in [-0.05, 0) is 87.6 Å². The molecule has 1 saturated carbocycles. The fraction of sp³-hybridized carbons (Fsp3) is 0.680. The Morgan fingerprint density at radius 3 is 2.77 bits per heavy atom. The number of carbonyl (C=O) groups is 1. The monoisotopic (exact) mass is 409 g/mol. The van der Waals surface area contributed by atoms with Crippen molar-refractivity contribution in [3.05, 3.63) is 28.8 Å². The minimum absolute atomic E-state index is 0.0928. The SMILES string of the molecule is CCOc1cc(C(C)C)c(C#N)cc1C(=O)NC1CCCC2C1CCN1CCCC21. The molecule has 4 atom stereocenters. The molecule has 0 radical (unpaired) electrons. The average molecular weight is 410 g/mol. The van der Waals surface area contributed by atoms with Gasteiger partial charge in [-0.15, -0.1) is 0 Å². The third-order valence-electron chi connectivity index (χ3n) is 7.53. The number of ether oxygens (including phenoxy) is 1. The Kier molecular flexibility index (Phi) is 6.34. The third kappa shape index (κ3) is 3.95. The van der Waals surface area contributed by atoms with E-state index >= 15 is 0 Å². The lowest BCUT2D eigenvalue weighted by atomic mass is 9.68. The molecule has 1 N–H and O–H groups in total. The van der Waals surface area contributed by atoms with Gasteiger partial charge in [0.2, 0.25) is 0 Å². The molecule has 0 bridgehead atoms. The first-order valence-corrected chi connectivity index (χ1v) is 11.8. The van der Waals surface area contributed by atoms with Gasteiger partial charge in [-0.3, -0.25) is 4.79 Å². The van der Waals surface area contributed by atoms with Crippen molar-refractivity contribution in [2.45, 2.75) is 77.3 Å². The average Bonchev–Trinajstić information content (AvgIpc) is 3.23. The van der Waals surface area contributed by atoms with Gasteiger partial charge >= 0.3 is 0 Å². The topological polar surface area (TPSA) is 65.4 Å². The number of rotatable bonds is 5. The number of nitrogens with zero attached hydrogens (tertiary/aromatic N) is 2. The van der Waals surface area contributed by atoms with Gasteiger partial charge in [0.25, 0.3) is 5.91 Å². The molecule has 2 aliphatic heterocycles. The molecule has 162 valence electrons. The Balaban J connectivity index is 1.56. The van der Waals surface area contributed by atoms with Crippen LogP contribution in [0.3, 0.4) is 0 Å². The van der Waals surface area contributed by atoms with Gasteiger partial charge in [-0.1, -0.05) is 20.3 Å². The lowest BCUT2D eigenvalue weighted by Crippen LogP contribution is -2.54. The van der Waals surface area contributed by atoms with Crippen LogP contribution in [0.5, 0.6) is 5.75 Å². The molecule has 1 aromatic carbocycles. The largest absolute Gasteiger partial charge is 0.493 e. The molecule has 1 aliphatic carbocycles. The number of amides is 1. The van der Waals surface area contributed by atoms with Crippen molar-refractivity contribution in [1.82, 2.24) is 10.2 Å². The molecular weight excluding hydrogens is 374 g/mol. The van der Waals surface area contributed by atoms with Crippen LogP contribution in [-0.4, -0.2) is 42.6 Å². The molecule has 4 unspecified atom stereocenters. The van der Waals surface area contributed by atoms with Crippen molar-refractivity contribution in [2.24, 2.45) is 11.8 Å². The van der Waals surface area contributed by atoms with E-state index in [9.17, 15) is 10.1 Å². The summed E-state index contributed by atoms with van der Waals surface area (Å²) in [6.07, 6.45) is 7.35. The molecular formula is C25H35N3O2. The second-order valence-electron chi connectivity index (χ2n) is 9.51. The van der Waals surface area contributed by atoms with Crippen LogP contribution >= 0.6 is 0 Å². The molecule has 3 fully saturated rings.